The molecule has 0 radical (unpaired) electrons. The molecule has 0 atom stereocenters. The first-order valence-corrected chi connectivity index (χ1v) is 21.7. The molecule has 0 aliphatic heterocycles. The monoisotopic (exact) mass is 806 g/mol. The van der Waals surface area contributed by atoms with Gasteiger partial charge in [-0.2, -0.15) is 0 Å². The van der Waals surface area contributed by atoms with Crippen LogP contribution in [0, 0.1) is 0 Å². The molecule has 0 saturated carbocycles. The van der Waals surface area contributed by atoms with Crippen LogP contribution in [0.4, 0.5) is 0 Å². The predicted octanol–water partition coefficient (Wildman–Crippen LogP) is 13.2. The Morgan fingerprint density at radius 3 is 0.796 bits per heavy atom. The fraction of sp³-hybridized carbons (Fsp3) is 0.136. The van der Waals surface area contributed by atoms with Crippen LogP contribution in [0.15, 0.2) is 154 Å². The molecule has 10 heteroatoms. The molecule has 5 aromatic heterocycles. The number of rotatable bonds is 17. The van der Waals surface area contributed by atoms with Gasteiger partial charge in [-0.05, 0) is 99.0 Å². The largest absolute Gasteiger partial charge is 0.488 e. The second-order valence-electron chi connectivity index (χ2n) is 11.9. The van der Waals surface area contributed by atoms with Crippen LogP contribution < -0.4 is 23.7 Å². The zero-order valence-corrected chi connectivity index (χ0v) is 33.4. The first-order chi connectivity index (χ1) is 26.7. The molecule has 0 aliphatic carbocycles. The van der Waals surface area contributed by atoms with Crippen LogP contribution in [0.1, 0.15) is 35.5 Å². The predicted molar refractivity (Wildman–Crippen MR) is 225 cm³/mol. The summed E-state index contributed by atoms with van der Waals surface area (Å²) in [5.74, 6) is 4.05. The van der Waals surface area contributed by atoms with Gasteiger partial charge in [-0.1, -0.05) is 54.6 Å². The van der Waals surface area contributed by atoms with Crippen molar-refractivity contribution >= 4 is 56.7 Å². The summed E-state index contributed by atoms with van der Waals surface area (Å²) in [6.45, 7) is 2.87. The molecule has 8 rings (SSSR count). The second-order valence-corrected chi connectivity index (χ2v) is 17.1. The molecular weight excluding hydrogens is 769 g/mol. The number of hydrogen-bond acceptors (Lipinski definition) is 10. The van der Waals surface area contributed by atoms with Crippen molar-refractivity contribution in [3.63, 3.8) is 0 Å². The van der Waals surface area contributed by atoms with Crippen LogP contribution in [0.3, 0.4) is 0 Å². The fourth-order valence-electron chi connectivity index (χ4n) is 5.18. The minimum atomic E-state index is 0.538. The van der Waals surface area contributed by atoms with Gasteiger partial charge >= 0.3 is 0 Å². The van der Waals surface area contributed by atoms with Gasteiger partial charge in [0.2, 0.25) is 0 Å². The van der Waals surface area contributed by atoms with E-state index in [0.717, 1.165) is 35.2 Å². The molecule has 3 aromatic carbocycles. The van der Waals surface area contributed by atoms with Gasteiger partial charge in [-0.3, -0.25) is 0 Å². The van der Waals surface area contributed by atoms with Crippen molar-refractivity contribution < 1.29 is 23.7 Å². The third kappa shape index (κ3) is 12.1. The molecule has 0 N–H and O–H groups in total. The molecule has 8 aromatic rings. The van der Waals surface area contributed by atoms with Crippen LogP contribution in [0.5, 0.6) is 28.7 Å². The maximum atomic E-state index is 5.96. The van der Waals surface area contributed by atoms with E-state index in [2.05, 4.69) is 81.5 Å². The van der Waals surface area contributed by atoms with Gasteiger partial charge in [0.15, 0.2) is 0 Å². The second kappa shape index (κ2) is 20.0. The Morgan fingerprint density at radius 1 is 0.296 bits per heavy atom. The van der Waals surface area contributed by atoms with Crippen molar-refractivity contribution in [2.24, 2.45) is 0 Å². The summed E-state index contributed by atoms with van der Waals surface area (Å²) in [7, 11) is 0. The fourth-order valence-corrected chi connectivity index (χ4v) is 8.26. The topological polar surface area (TPSA) is 46.2 Å². The maximum absolute atomic E-state index is 5.96. The minimum Gasteiger partial charge on any atom is -0.488 e. The number of benzene rings is 3. The lowest BCUT2D eigenvalue weighted by molar-refractivity contribution is 0.278. The summed E-state index contributed by atoms with van der Waals surface area (Å²) < 4.78 is 29.5. The molecule has 0 saturated heterocycles. The van der Waals surface area contributed by atoms with Crippen LogP contribution in [0.25, 0.3) is 0 Å². The molecule has 5 heterocycles. The maximum Gasteiger partial charge on any atom is 0.127 e. The zero-order chi connectivity index (χ0) is 36.6. The van der Waals surface area contributed by atoms with Gasteiger partial charge in [0.05, 0.1) is 0 Å². The quantitative estimate of drug-likeness (QED) is 0.0917. The molecule has 5 nitrogen and oxygen atoms in total. The summed E-state index contributed by atoms with van der Waals surface area (Å²) in [6.07, 6.45) is 0.899. The normalized spacial score (nSPS) is 10.7. The lowest BCUT2D eigenvalue weighted by Crippen LogP contribution is -1.99. The number of thiophene rings is 5. The third-order valence-electron chi connectivity index (χ3n) is 7.91. The Morgan fingerprint density at radius 2 is 0.556 bits per heavy atom. The molecule has 0 aliphatic rings. The van der Waals surface area contributed by atoms with E-state index in [1.54, 1.807) is 56.7 Å². The zero-order valence-electron chi connectivity index (χ0n) is 29.3. The molecule has 0 fully saturated rings. The van der Waals surface area contributed by atoms with Crippen molar-refractivity contribution in [3.8, 4) is 28.7 Å². The van der Waals surface area contributed by atoms with Gasteiger partial charge < -0.3 is 23.7 Å². The SMILES string of the molecule is c1csc(COc2cc(OCc3cccs3)cc(OCc3cccs3)c2)c1.c1csc(COc2ccc(Cc3ccc(OCc4cccs4)cc3)cc2)c1. The Bertz CT molecular complexity index is 1960. The van der Waals surface area contributed by atoms with Crippen molar-refractivity contribution in [1.29, 1.82) is 0 Å². The van der Waals surface area contributed by atoms with Crippen LogP contribution in [0.2, 0.25) is 0 Å². The van der Waals surface area contributed by atoms with E-state index in [9.17, 15) is 0 Å². The number of hydrogen-bond donors (Lipinski definition) is 0. The molecule has 54 heavy (non-hydrogen) atoms. The highest BCUT2D eigenvalue weighted by atomic mass is 32.1. The Hall–Kier alpha value is -4.84. The van der Waals surface area contributed by atoms with E-state index < -0.39 is 0 Å². The molecule has 0 spiro atoms. The highest BCUT2D eigenvalue weighted by Crippen LogP contribution is 2.31. The van der Waals surface area contributed by atoms with E-state index in [0.29, 0.717) is 33.0 Å². The van der Waals surface area contributed by atoms with E-state index in [1.165, 1.54) is 35.5 Å². The van der Waals surface area contributed by atoms with Crippen molar-refractivity contribution in [2.45, 2.75) is 39.5 Å². The summed E-state index contributed by atoms with van der Waals surface area (Å²) in [4.78, 5) is 6.02. The minimum absolute atomic E-state index is 0.538. The average Bonchev–Trinajstić information content (AvgIpc) is 4.07. The summed E-state index contributed by atoms with van der Waals surface area (Å²) in [5.41, 5.74) is 2.54. The van der Waals surface area contributed by atoms with Gasteiger partial charge in [0.1, 0.15) is 61.8 Å². The first-order valence-electron chi connectivity index (χ1n) is 17.3. The molecule has 0 amide bonds. The van der Waals surface area contributed by atoms with Crippen LogP contribution in [-0.4, -0.2) is 0 Å². The van der Waals surface area contributed by atoms with Gasteiger partial charge in [-0.25, -0.2) is 0 Å². The highest BCUT2D eigenvalue weighted by molar-refractivity contribution is 7.10. The lowest BCUT2D eigenvalue weighted by atomic mass is 10.0. The Labute approximate surface area is 336 Å². The van der Waals surface area contributed by atoms with E-state index in [1.807, 2.05) is 72.8 Å². The summed E-state index contributed by atoms with van der Waals surface area (Å²) >= 11 is 8.48. The van der Waals surface area contributed by atoms with Gasteiger partial charge in [0, 0.05) is 42.6 Å². The van der Waals surface area contributed by atoms with Gasteiger partial charge in [-0.15, -0.1) is 56.7 Å². The smallest absolute Gasteiger partial charge is 0.127 e. The molecule has 0 bridgehead atoms. The Balaban J connectivity index is 0.000000167. The van der Waals surface area contributed by atoms with Crippen molar-refractivity contribution in [3.05, 3.63) is 190 Å². The molecular formula is C44H38O5S5. The lowest BCUT2D eigenvalue weighted by Gasteiger charge is -2.12. The van der Waals surface area contributed by atoms with Crippen LogP contribution >= 0.6 is 56.7 Å². The van der Waals surface area contributed by atoms with E-state index >= 15 is 0 Å². The summed E-state index contributed by atoms with van der Waals surface area (Å²) in [5, 5.41) is 10.3. The van der Waals surface area contributed by atoms with Gasteiger partial charge in [0.25, 0.3) is 0 Å². The standard InChI is InChI=1S/C23H20O2S2.C21H18O3S3/c1-3-22(26-13-1)16-24-20-9-5-18(6-10-20)15-19-7-11-21(12-8-19)25-17-23-4-2-14-27-23;1-4-19(25-7-1)13-22-16-10-17(23-14-20-5-2-8-26-20)12-18(11-16)24-15-21-6-3-9-27-21/h1-14H,15-17H2;1-12H,13-15H2. The van der Waals surface area contributed by atoms with Crippen LogP contribution in [-0.2, 0) is 39.5 Å². The van der Waals surface area contributed by atoms with Crippen molar-refractivity contribution in [1.82, 2.24) is 0 Å². The van der Waals surface area contributed by atoms with Crippen molar-refractivity contribution in [2.75, 3.05) is 0 Å². The van der Waals surface area contributed by atoms with E-state index in [-0.39, 0.29) is 0 Å². The average molecular weight is 807 g/mol. The first kappa shape index (κ1) is 37.5. The molecule has 274 valence electrons. The highest BCUT2D eigenvalue weighted by Gasteiger charge is 2.08. The third-order valence-corrected chi connectivity index (χ3v) is 12.2. The number of ether oxygens (including phenoxy) is 5. The Kier molecular flexibility index (Phi) is 13.9. The van der Waals surface area contributed by atoms with E-state index in [4.69, 9.17) is 23.7 Å². The summed E-state index contributed by atoms with van der Waals surface area (Å²) in [6, 6.07) is 43.0. The molecule has 0 unspecified atom stereocenters.